The number of nitrogens with two attached hydrogens (primary N) is 1. The van der Waals surface area contributed by atoms with Gasteiger partial charge in [0.15, 0.2) is 0 Å². The van der Waals surface area contributed by atoms with Gasteiger partial charge in [-0.1, -0.05) is 18.6 Å². The molecule has 0 aromatic carbocycles. The molecule has 1 fully saturated rings. The van der Waals surface area contributed by atoms with Crippen molar-refractivity contribution in [3.8, 4) is 0 Å². The van der Waals surface area contributed by atoms with Gasteiger partial charge in [0.05, 0.1) is 4.99 Å². The molecular formula is C10H20N2S. The quantitative estimate of drug-likeness (QED) is 0.525. The third-order valence-electron chi connectivity index (χ3n) is 2.88. The fraction of sp³-hybridized carbons (Fsp3) is 0.900. The van der Waals surface area contributed by atoms with Crippen LogP contribution in [0.25, 0.3) is 0 Å². The summed E-state index contributed by atoms with van der Waals surface area (Å²) in [5.41, 5.74) is 5.42. The van der Waals surface area contributed by atoms with Gasteiger partial charge in [-0.3, -0.25) is 0 Å². The van der Waals surface area contributed by atoms with Gasteiger partial charge in [-0.05, 0) is 45.7 Å². The van der Waals surface area contributed by atoms with Crippen LogP contribution in [0.3, 0.4) is 0 Å². The molecule has 0 aromatic rings. The van der Waals surface area contributed by atoms with Crippen LogP contribution < -0.4 is 5.73 Å². The summed E-state index contributed by atoms with van der Waals surface area (Å²) in [6.45, 7) is 1.20. The maximum Gasteiger partial charge on any atom is 0.0727 e. The van der Waals surface area contributed by atoms with Crippen molar-refractivity contribution in [2.75, 3.05) is 13.6 Å². The molecule has 0 radical (unpaired) electrons. The van der Waals surface area contributed by atoms with Crippen LogP contribution in [0.1, 0.15) is 38.5 Å². The van der Waals surface area contributed by atoms with Gasteiger partial charge in [0.25, 0.3) is 0 Å². The highest BCUT2D eigenvalue weighted by Gasteiger charge is 2.20. The molecule has 0 unspecified atom stereocenters. The number of nitrogens with zero attached hydrogens (tertiary/aromatic N) is 1. The molecule has 2 nitrogen and oxygen atoms in total. The van der Waals surface area contributed by atoms with Crippen LogP contribution in [-0.2, 0) is 0 Å². The highest BCUT2D eigenvalue weighted by molar-refractivity contribution is 7.80. The standard InChI is InChI=1S/C10H20N2S/c1-12(9-5-4-6-9)8-3-2-7-10(11)13/h9H,2-8H2,1H3,(H2,11,13). The lowest BCUT2D eigenvalue weighted by atomic mass is 9.92. The minimum atomic E-state index is 0.659. The number of unbranched alkanes of at least 4 members (excludes halogenated alkanes) is 1. The molecule has 1 rings (SSSR count). The highest BCUT2D eigenvalue weighted by atomic mass is 32.1. The van der Waals surface area contributed by atoms with Crippen LogP contribution >= 0.6 is 12.2 Å². The molecule has 0 amide bonds. The highest BCUT2D eigenvalue weighted by Crippen LogP contribution is 2.23. The molecular weight excluding hydrogens is 180 g/mol. The topological polar surface area (TPSA) is 29.3 Å². The number of rotatable bonds is 6. The Labute approximate surface area is 86.5 Å². The van der Waals surface area contributed by atoms with Crippen LogP contribution in [0.5, 0.6) is 0 Å². The molecule has 2 N–H and O–H groups in total. The first-order valence-electron chi connectivity index (χ1n) is 5.18. The predicted octanol–water partition coefficient (Wildman–Crippen LogP) is 1.93. The minimum absolute atomic E-state index is 0.659. The van der Waals surface area contributed by atoms with Crippen LogP contribution in [0, 0.1) is 0 Å². The zero-order valence-electron chi connectivity index (χ0n) is 8.46. The van der Waals surface area contributed by atoms with E-state index < -0.39 is 0 Å². The summed E-state index contributed by atoms with van der Waals surface area (Å²) in [7, 11) is 2.23. The molecule has 0 atom stereocenters. The second-order valence-corrected chi connectivity index (χ2v) is 4.51. The molecule has 0 aliphatic heterocycles. The van der Waals surface area contributed by atoms with E-state index in [9.17, 15) is 0 Å². The Balaban J connectivity index is 1.95. The summed E-state index contributed by atoms with van der Waals surface area (Å²) in [5.74, 6) is 0. The van der Waals surface area contributed by atoms with Crippen molar-refractivity contribution < 1.29 is 0 Å². The first kappa shape index (κ1) is 10.9. The molecule has 0 aromatic heterocycles. The molecule has 13 heavy (non-hydrogen) atoms. The predicted molar refractivity (Wildman–Crippen MR) is 60.9 cm³/mol. The largest absolute Gasteiger partial charge is 0.393 e. The lowest BCUT2D eigenvalue weighted by Gasteiger charge is -2.34. The Bertz CT molecular complexity index is 166. The average molecular weight is 200 g/mol. The summed E-state index contributed by atoms with van der Waals surface area (Å²) >= 11 is 4.82. The van der Waals surface area contributed by atoms with E-state index in [1.54, 1.807) is 0 Å². The van der Waals surface area contributed by atoms with E-state index >= 15 is 0 Å². The Morgan fingerprint density at radius 3 is 2.62 bits per heavy atom. The van der Waals surface area contributed by atoms with Crippen molar-refractivity contribution in [3.63, 3.8) is 0 Å². The normalized spacial score (nSPS) is 17.4. The minimum Gasteiger partial charge on any atom is -0.393 e. The van der Waals surface area contributed by atoms with E-state index in [4.69, 9.17) is 18.0 Å². The second-order valence-electron chi connectivity index (χ2n) is 3.99. The summed E-state index contributed by atoms with van der Waals surface area (Å²) in [5, 5.41) is 0. The zero-order chi connectivity index (χ0) is 9.68. The monoisotopic (exact) mass is 200 g/mol. The van der Waals surface area contributed by atoms with Crippen molar-refractivity contribution in [2.45, 2.75) is 44.6 Å². The van der Waals surface area contributed by atoms with E-state index in [-0.39, 0.29) is 0 Å². The number of hydrogen-bond acceptors (Lipinski definition) is 2. The summed E-state index contributed by atoms with van der Waals surface area (Å²) in [4.78, 5) is 3.13. The lowest BCUT2D eigenvalue weighted by Crippen LogP contribution is -2.37. The van der Waals surface area contributed by atoms with E-state index in [1.165, 1.54) is 32.2 Å². The molecule has 0 heterocycles. The SMILES string of the molecule is CN(CCCCC(N)=S)C1CCC1. The zero-order valence-corrected chi connectivity index (χ0v) is 9.28. The maximum absolute atomic E-state index is 5.42. The van der Waals surface area contributed by atoms with Crippen molar-refractivity contribution >= 4 is 17.2 Å². The average Bonchev–Trinajstić information content (AvgIpc) is 1.94. The van der Waals surface area contributed by atoms with Gasteiger partial charge in [-0.2, -0.15) is 0 Å². The Kier molecular flexibility index (Phi) is 4.67. The van der Waals surface area contributed by atoms with E-state index in [1.807, 2.05) is 0 Å². The number of hydrogen-bond donors (Lipinski definition) is 1. The third-order valence-corrected chi connectivity index (χ3v) is 3.09. The molecule has 0 bridgehead atoms. The van der Waals surface area contributed by atoms with Crippen molar-refractivity contribution in [2.24, 2.45) is 5.73 Å². The van der Waals surface area contributed by atoms with Gasteiger partial charge in [-0.15, -0.1) is 0 Å². The van der Waals surface area contributed by atoms with Crippen LogP contribution in [0.2, 0.25) is 0 Å². The van der Waals surface area contributed by atoms with Crippen LogP contribution in [-0.4, -0.2) is 29.5 Å². The smallest absolute Gasteiger partial charge is 0.0727 e. The van der Waals surface area contributed by atoms with Crippen molar-refractivity contribution in [1.82, 2.24) is 4.90 Å². The fourth-order valence-electron chi connectivity index (χ4n) is 1.67. The van der Waals surface area contributed by atoms with E-state index in [0.717, 1.165) is 18.9 Å². The Morgan fingerprint density at radius 2 is 2.15 bits per heavy atom. The molecule has 3 heteroatoms. The fourth-order valence-corrected chi connectivity index (χ4v) is 1.81. The second kappa shape index (κ2) is 5.55. The van der Waals surface area contributed by atoms with Gasteiger partial charge in [0, 0.05) is 6.04 Å². The van der Waals surface area contributed by atoms with E-state index in [0.29, 0.717) is 4.99 Å². The first-order valence-corrected chi connectivity index (χ1v) is 5.59. The molecule has 1 saturated carbocycles. The summed E-state index contributed by atoms with van der Waals surface area (Å²) in [6, 6.07) is 0.866. The van der Waals surface area contributed by atoms with Gasteiger partial charge in [-0.25, -0.2) is 0 Å². The summed E-state index contributed by atoms with van der Waals surface area (Å²) < 4.78 is 0. The third kappa shape index (κ3) is 4.05. The molecule has 0 saturated heterocycles. The lowest BCUT2D eigenvalue weighted by molar-refractivity contribution is 0.157. The molecule has 0 spiro atoms. The van der Waals surface area contributed by atoms with Gasteiger partial charge in [0.2, 0.25) is 0 Å². The molecule has 1 aliphatic carbocycles. The van der Waals surface area contributed by atoms with E-state index in [2.05, 4.69) is 11.9 Å². The first-order chi connectivity index (χ1) is 6.20. The van der Waals surface area contributed by atoms with Gasteiger partial charge >= 0.3 is 0 Å². The van der Waals surface area contributed by atoms with Crippen molar-refractivity contribution in [1.29, 1.82) is 0 Å². The summed E-state index contributed by atoms with van der Waals surface area (Å²) in [6.07, 6.45) is 7.49. The van der Waals surface area contributed by atoms with Crippen LogP contribution in [0.15, 0.2) is 0 Å². The van der Waals surface area contributed by atoms with Crippen molar-refractivity contribution in [3.05, 3.63) is 0 Å². The Hall–Kier alpha value is -0.150. The Morgan fingerprint density at radius 1 is 1.46 bits per heavy atom. The van der Waals surface area contributed by atoms with Gasteiger partial charge in [0.1, 0.15) is 0 Å². The van der Waals surface area contributed by atoms with Gasteiger partial charge < -0.3 is 10.6 Å². The molecule has 76 valence electrons. The maximum atomic E-state index is 5.42. The number of thiocarbonyl (C=S) groups is 1. The molecule has 1 aliphatic rings. The van der Waals surface area contributed by atoms with Crippen LogP contribution in [0.4, 0.5) is 0 Å².